The van der Waals surface area contributed by atoms with E-state index in [0.717, 1.165) is 16.7 Å². The molecule has 0 spiro atoms. The number of benzene rings is 3. The van der Waals surface area contributed by atoms with Crippen molar-refractivity contribution in [2.75, 3.05) is 5.32 Å². The summed E-state index contributed by atoms with van der Waals surface area (Å²) in [4.78, 5) is 13.2. The molecule has 3 aromatic carbocycles. The van der Waals surface area contributed by atoms with Crippen LogP contribution in [0.25, 0.3) is 11.6 Å². The van der Waals surface area contributed by atoms with Gasteiger partial charge in [0.15, 0.2) is 5.82 Å². The maximum atomic E-state index is 13.2. The predicted octanol–water partition coefficient (Wildman–Crippen LogP) is 7.07. The van der Waals surface area contributed by atoms with Crippen molar-refractivity contribution >= 4 is 58.2 Å². The van der Waals surface area contributed by atoms with Gasteiger partial charge in [0, 0.05) is 21.8 Å². The summed E-state index contributed by atoms with van der Waals surface area (Å²) in [6.45, 7) is 0.386. The van der Waals surface area contributed by atoms with E-state index < -0.39 is 0 Å². The number of hydrogen-bond acceptors (Lipinski definition) is 2. The van der Waals surface area contributed by atoms with Crippen molar-refractivity contribution in [3.63, 3.8) is 0 Å². The molecule has 0 atom stereocenters. The molecule has 0 aliphatic rings. The zero-order valence-electron chi connectivity index (χ0n) is 16.8. The standard InChI is InChI=1S/C25H18Cl3N3O/c26-20-12-11-19(22(27)14-20)15-31-16-23(28)24(30-31)29-25(32)21(18-9-5-2-6-10-18)13-17-7-3-1-4-8-17/h1-14,16H,15H2,(H,29,30,32)/b21-13-. The SMILES string of the molecule is O=C(Nc1nn(Cc2ccc(Cl)cc2Cl)cc1Cl)/C(=C\c1ccccc1)c1ccccc1. The Bertz CT molecular complexity index is 1270. The molecule has 0 aliphatic heterocycles. The number of carbonyl (C=O) groups is 1. The maximum absolute atomic E-state index is 13.2. The van der Waals surface area contributed by atoms with E-state index in [1.54, 1.807) is 23.0 Å². The van der Waals surface area contributed by atoms with Crippen molar-refractivity contribution in [2.45, 2.75) is 6.54 Å². The minimum absolute atomic E-state index is 0.275. The molecule has 0 fully saturated rings. The fourth-order valence-electron chi connectivity index (χ4n) is 3.18. The van der Waals surface area contributed by atoms with Crippen LogP contribution in [0.15, 0.2) is 85.1 Å². The fraction of sp³-hybridized carbons (Fsp3) is 0.0400. The molecule has 4 aromatic rings. The number of rotatable bonds is 6. The number of hydrogen-bond donors (Lipinski definition) is 1. The van der Waals surface area contributed by atoms with Gasteiger partial charge in [0.05, 0.1) is 6.54 Å². The Morgan fingerprint density at radius 3 is 2.28 bits per heavy atom. The van der Waals surface area contributed by atoms with Crippen LogP contribution in [-0.4, -0.2) is 15.7 Å². The van der Waals surface area contributed by atoms with Crippen molar-refractivity contribution in [3.05, 3.63) is 117 Å². The van der Waals surface area contributed by atoms with Gasteiger partial charge < -0.3 is 5.32 Å². The number of amides is 1. The lowest BCUT2D eigenvalue weighted by Crippen LogP contribution is -2.15. The summed E-state index contributed by atoms with van der Waals surface area (Å²) in [6.07, 6.45) is 3.48. The van der Waals surface area contributed by atoms with E-state index >= 15 is 0 Å². The Morgan fingerprint density at radius 2 is 1.59 bits per heavy atom. The number of nitrogens with zero attached hydrogens (tertiary/aromatic N) is 2. The molecular formula is C25H18Cl3N3O. The van der Waals surface area contributed by atoms with E-state index in [1.807, 2.05) is 72.8 Å². The number of aromatic nitrogens is 2. The molecule has 4 rings (SSSR count). The van der Waals surface area contributed by atoms with Crippen LogP contribution in [0.3, 0.4) is 0 Å². The summed E-state index contributed by atoms with van der Waals surface area (Å²) in [6, 6.07) is 24.4. The van der Waals surface area contributed by atoms with Gasteiger partial charge in [-0.2, -0.15) is 5.10 Å². The van der Waals surface area contributed by atoms with Crippen LogP contribution >= 0.6 is 34.8 Å². The molecule has 1 amide bonds. The molecule has 0 unspecified atom stereocenters. The molecule has 0 bridgehead atoms. The topological polar surface area (TPSA) is 46.9 Å². The lowest BCUT2D eigenvalue weighted by Gasteiger charge is -2.09. The van der Waals surface area contributed by atoms with Gasteiger partial charge in [0.1, 0.15) is 5.02 Å². The van der Waals surface area contributed by atoms with Gasteiger partial charge in [-0.25, -0.2) is 0 Å². The van der Waals surface area contributed by atoms with E-state index in [4.69, 9.17) is 34.8 Å². The summed E-state index contributed by atoms with van der Waals surface area (Å²) in [7, 11) is 0. The highest BCUT2D eigenvalue weighted by Crippen LogP contribution is 2.26. The minimum atomic E-state index is -0.309. The molecule has 0 saturated carbocycles. The van der Waals surface area contributed by atoms with Gasteiger partial charge in [-0.05, 0) is 34.9 Å². The number of halogens is 3. The highest BCUT2D eigenvalue weighted by atomic mass is 35.5. The van der Waals surface area contributed by atoms with E-state index in [0.29, 0.717) is 27.2 Å². The average molecular weight is 483 g/mol. The molecule has 1 N–H and O–H groups in total. The highest BCUT2D eigenvalue weighted by Gasteiger charge is 2.17. The Kier molecular flexibility index (Phi) is 6.96. The normalized spacial score (nSPS) is 11.4. The van der Waals surface area contributed by atoms with Crippen molar-refractivity contribution in [2.24, 2.45) is 0 Å². The Hall–Kier alpha value is -3.05. The van der Waals surface area contributed by atoms with Gasteiger partial charge >= 0.3 is 0 Å². The summed E-state index contributed by atoms with van der Waals surface area (Å²) in [5.41, 5.74) is 3.04. The van der Waals surface area contributed by atoms with Crippen LogP contribution in [0.5, 0.6) is 0 Å². The van der Waals surface area contributed by atoms with Crippen LogP contribution < -0.4 is 5.32 Å². The van der Waals surface area contributed by atoms with Gasteiger partial charge in [0.25, 0.3) is 5.91 Å². The minimum Gasteiger partial charge on any atom is -0.304 e. The second kappa shape index (κ2) is 10.0. The second-order valence-corrected chi connectivity index (χ2v) is 8.30. The predicted molar refractivity (Wildman–Crippen MR) is 132 cm³/mol. The zero-order valence-corrected chi connectivity index (χ0v) is 19.1. The van der Waals surface area contributed by atoms with Gasteiger partial charge in [-0.1, -0.05) is 102 Å². The maximum Gasteiger partial charge on any atom is 0.257 e. The van der Waals surface area contributed by atoms with Crippen LogP contribution in [0.4, 0.5) is 5.82 Å². The molecular weight excluding hydrogens is 465 g/mol. The quantitative estimate of drug-likeness (QED) is 0.236. The molecule has 1 aromatic heterocycles. The van der Waals surface area contributed by atoms with Crippen molar-refractivity contribution in [1.82, 2.24) is 9.78 Å². The monoisotopic (exact) mass is 481 g/mol. The summed E-state index contributed by atoms with van der Waals surface area (Å²) in [5, 5.41) is 8.68. The molecule has 1 heterocycles. The summed E-state index contributed by atoms with van der Waals surface area (Å²) in [5.74, 6) is -0.0339. The Labute approximate surface area is 201 Å². The molecule has 32 heavy (non-hydrogen) atoms. The average Bonchev–Trinajstić information content (AvgIpc) is 3.14. The first-order valence-electron chi connectivity index (χ1n) is 9.80. The first-order chi connectivity index (χ1) is 15.5. The molecule has 4 nitrogen and oxygen atoms in total. The van der Waals surface area contributed by atoms with E-state index in [2.05, 4.69) is 10.4 Å². The number of nitrogens with one attached hydrogen (secondary N) is 1. The van der Waals surface area contributed by atoms with E-state index in [9.17, 15) is 4.79 Å². The lowest BCUT2D eigenvalue weighted by atomic mass is 10.0. The summed E-state index contributed by atoms with van der Waals surface area (Å²) < 4.78 is 1.62. The van der Waals surface area contributed by atoms with Crippen LogP contribution in [0, 0.1) is 0 Å². The van der Waals surface area contributed by atoms with Crippen molar-refractivity contribution in [1.29, 1.82) is 0 Å². The van der Waals surface area contributed by atoms with Crippen LogP contribution in [0.1, 0.15) is 16.7 Å². The van der Waals surface area contributed by atoms with Crippen LogP contribution in [0.2, 0.25) is 15.1 Å². The third-order valence-corrected chi connectivity index (χ3v) is 5.60. The Balaban J connectivity index is 1.59. The smallest absolute Gasteiger partial charge is 0.257 e. The van der Waals surface area contributed by atoms with Gasteiger partial charge in [0.2, 0.25) is 0 Å². The van der Waals surface area contributed by atoms with Gasteiger partial charge in [-0.15, -0.1) is 0 Å². The molecule has 7 heteroatoms. The zero-order chi connectivity index (χ0) is 22.5. The summed E-state index contributed by atoms with van der Waals surface area (Å²) >= 11 is 18.6. The van der Waals surface area contributed by atoms with E-state index in [-0.39, 0.29) is 11.7 Å². The Morgan fingerprint density at radius 1 is 0.906 bits per heavy atom. The van der Waals surface area contributed by atoms with Crippen molar-refractivity contribution in [3.8, 4) is 0 Å². The van der Waals surface area contributed by atoms with Crippen LogP contribution in [-0.2, 0) is 11.3 Å². The van der Waals surface area contributed by atoms with Crippen molar-refractivity contribution < 1.29 is 4.79 Å². The van der Waals surface area contributed by atoms with E-state index in [1.165, 1.54) is 0 Å². The molecule has 0 radical (unpaired) electrons. The van der Waals surface area contributed by atoms with Gasteiger partial charge in [-0.3, -0.25) is 9.48 Å². The third kappa shape index (κ3) is 5.40. The number of carbonyl (C=O) groups excluding carboxylic acids is 1. The number of anilines is 1. The first kappa shape index (κ1) is 22.2. The third-order valence-electron chi connectivity index (χ3n) is 4.74. The first-order valence-corrected chi connectivity index (χ1v) is 10.9. The largest absolute Gasteiger partial charge is 0.304 e. The molecule has 160 valence electrons. The molecule has 0 saturated heterocycles. The second-order valence-electron chi connectivity index (χ2n) is 7.05. The fourth-order valence-corrected chi connectivity index (χ4v) is 3.84. The molecule has 0 aliphatic carbocycles. The lowest BCUT2D eigenvalue weighted by molar-refractivity contribution is -0.111. The highest BCUT2D eigenvalue weighted by molar-refractivity contribution is 6.36.